The van der Waals surface area contributed by atoms with Crippen LogP contribution in [0.1, 0.15) is 95.3 Å². The molecule has 8 rings (SSSR count). The summed E-state index contributed by atoms with van der Waals surface area (Å²) in [6.07, 6.45) is -0.874. The van der Waals surface area contributed by atoms with Gasteiger partial charge in [0.05, 0.1) is 51.6 Å². The lowest BCUT2D eigenvalue weighted by Crippen LogP contribution is -2.39. The zero-order valence-corrected chi connectivity index (χ0v) is 39.6. The summed E-state index contributed by atoms with van der Waals surface area (Å²) < 4.78 is 42.1. The number of rotatable bonds is 18. The van der Waals surface area contributed by atoms with Crippen molar-refractivity contribution < 1.29 is 37.6 Å². The first-order valence-electron chi connectivity index (χ1n) is 22.5. The van der Waals surface area contributed by atoms with Crippen LogP contribution < -0.4 is 20.7 Å². The van der Waals surface area contributed by atoms with Crippen molar-refractivity contribution in [2.75, 3.05) is 27.4 Å². The Morgan fingerprint density at radius 3 is 1.88 bits per heavy atom. The molecule has 1 unspecified atom stereocenters. The fraction of sp³-hybridized carbons (Fsp3) is 0.302. The minimum Gasteiger partial charge on any atom is -0.497 e. The van der Waals surface area contributed by atoms with Gasteiger partial charge in [-0.2, -0.15) is 5.26 Å². The van der Waals surface area contributed by atoms with Gasteiger partial charge in [-0.3, -0.25) is 23.9 Å². The number of carbonyl (C=O) groups excluding carboxylic acids is 2. The zero-order chi connectivity index (χ0) is 48.1. The molecule has 1 aromatic heterocycles. The largest absolute Gasteiger partial charge is 0.497 e. The van der Waals surface area contributed by atoms with Gasteiger partial charge in [0, 0.05) is 47.0 Å². The number of carbonyl (C=O) groups is 2. The van der Waals surface area contributed by atoms with Gasteiger partial charge in [0.25, 0.3) is 14.1 Å². The van der Waals surface area contributed by atoms with Gasteiger partial charge in [-0.05, 0) is 86.3 Å². The number of H-pyrrole nitrogens is 1. The number of hydrogen-bond acceptors (Lipinski definition) is 12. The standard InChI is InChI=1S/C53H53N4O10P/c1-33(2)57(34(3)4)68(65-28-12-27-54)67-46-30-48(56-31-45(51(60)55-52(56)61)35-17-26-43-44(29-35)50(59)42-16-11-10-15-41(42)49(43)58)66-47(46)32-64-53(36-13-8-7-9-14-36,37-18-22-39(62-5)23-19-37)38-20-24-40(63-6)25-21-38/h7-11,13-26,29,31,33-34,46-48H,12,28,30,32H2,1-6H3,(H,55,60,61)/t46-,47+,48+,68?/m0/s1. The number of ether oxygens (including phenoxy) is 4. The fourth-order valence-corrected chi connectivity index (χ4v) is 10.8. The van der Waals surface area contributed by atoms with Crippen LogP contribution in [0.15, 0.2) is 137 Å². The Morgan fingerprint density at radius 1 is 0.750 bits per heavy atom. The Balaban J connectivity index is 1.21. The second kappa shape index (κ2) is 20.8. The van der Waals surface area contributed by atoms with Gasteiger partial charge < -0.3 is 28.0 Å². The summed E-state index contributed by atoms with van der Waals surface area (Å²) in [6.45, 7) is 8.25. The SMILES string of the molecule is COc1ccc(C(OC[C@H]2O[C@@H](n3cc(-c4ccc5c(c4)C(=O)c4ccccc4C5=O)c(=O)[nH]c3=O)C[C@@H]2OP(OCCC#N)N(C(C)C)C(C)C)(c2ccccc2)c2ccc(OC)cc2)cc1. The van der Waals surface area contributed by atoms with Gasteiger partial charge >= 0.3 is 5.69 Å². The first-order valence-corrected chi connectivity index (χ1v) is 23.6. The highest BCUT2D eigenvalue weighted by atomic mass is 31.2. The number of aromatic nitrogens is 2. The molecule has 0 spiro atoms. The molecule has 1 fully saturated rings. The van der Waals surface area contributed by atoms with Gasteiger partial charge in [-0.15, -0.1) is 0 Å². The molecule has 1 aliphatic carbocycles. The lowest BCUT2D eigenvalue weighted by atomic mass is 9.80. The van der Waals surface area contributed by atoms with Gasteiger partial charge in [-0.1, -0.05) is 84.9 Å². The second-order valence-corrected chi connectivity index (χ2v) is 18.5. The smallest absolute Gasteiger partial charge is 0.330 e. The van der Waals surface area contributed by atoms with Crippen LogP contribution in [0.25, 0.3) is 11.1 Å². The lowest BCUT2D eigenvalue weighted by molar-refractivity contribution is -0.0925. The quantitative estimate of drug-likeness (QED) is 0.0493. The van der Waals surface area contributed by atoms with E-state index in [0.29, 0.717) is 22.6 Å². The normalized spacial score (nSPS) is 17.3. The Morgan fingerprint density at radius 2 is 1.31 bits per heavy atom. The topological polar surface area (TPSA) is 171 Å². The minimum atomic E-state index is -1.79. The van der Waals surface area contributed by atoms with Gasteiger partial charge in [-0.25, -0.2) is 9.46 Å². The number of methoxy groups -OCH3 is 2. The summed E-state index contributed by atoms with van der Waals surface area (Å²) in [5, 5.41) is 9.47. The second-order valence-electron chi connectivity index (χ2n) is 17.0. The van der Waals surface area contributed by atoms with Crippen LogP contribution in [-0.4, -0.2) is 77.5 Å². The number of hydrogen-bond donors (Lipinski definition) is 1. The summed E-state index contributed by atoms with van der Waals surface area (Å²) in [5.41, 5.74) is 1.17. The Bertz CT molecular complexity index is 2870. The van der Waals surface area contributed by atoms with E-state index in [2.05, 4.69) is 15.7 Å². The van der Waals surface area contributed by atoms with E-state index in [1.165, 1.54) is 22.9 Å². The average molecular weight is 937 g/mol. The zero-order valence-electron chi connectivity index (χ0n) is 38.7. The van der Waals surface area contributed by atoms with Crippen LogP contribution in [-0.2, 0) is 24.1 Å². The number of aromatic amines is 1. The van der Waals surface area contributed by atoms with Gasteiger partial charge in [0.1, 0.15) is 29.4 Å². The molecule has 14 nitrogen and oxygen atoms in total. The molecule has 1 saturated heterocycles. The van der Waals surface area contributed by atoms with Crippen LogP contribution in [0, 0.1) is 11.3 Å². The molecule has 0 amide bonds. The predicted molar refractivity (Wildman–Crippen MR) is 257 cm³/mol. The van der Waals surface area contributed by atoms with E-state index in [1.807, 2.05) is 107 Å². The molecule has 1 aliphatic heterocycles. The first-order chi connectivity index (χ1) is 32.9. The fourth-order valence-electron chi connectivity index (χ4n) is 9.00. The Kier molecular flexibility index (Phi) is 14.6. The van der Waals surface area contributed by atoms with Crippen molar-refractivity contribution in [3.05, 3.63) is 187 Å². The molecule has 6 aromatic rings. The molecule has 0 radical (unpaired) electrons. The maximum Gasteiger partial charge on any atom is 0.330 e. The van der Waals surface area contributed by atoms with E-state index in [0.717, 1.165) is 16.7 Å². The number of fused-ring (bicyclic) bond motifs is 2. The number of nitriles is 1. The van der Waals surface area contributed by atoms with Crippen molar-refractivity contribution in [1.82, 2.24) is 14.2 Å². The summed E-state index contributed by atoms with van der Waals surface area (Å²) in [7, 11) is 1.42. The lowest BCUT2D eigenvalue weighted by Gasteiger charge is -2.39. The molecule has 4 atom stereocenters. The molecule has 0 bridgehead atoms. The van der Waals surface area contributed by atoms with Crippen molar-refractivity contribution >= 4 is 20.1 Å². The molecule has 2 heterocycles. The number of nitrogens with zero attached hydrogens (tertiary/aromatic N) is 3. The van der Waals surface area contributed by atoms with Crippen molar-refractivity contribution in [2.24, 2.45) is 0 Å². The predicted octanol–water partition coefficient (Wildman–Crippen LogP) is 8.95. The van der Waals surface area contributed by atoms with E-state index in [-0.39, 0.29) is 72.0 Å². The van der Waals surface area contributed by atoms with Crippen LogP contribution in [0.5, 0.6) is 11.5 Å². The van der Waals surface area contributed by atoms with E-state index < -0.39 is 43.8 Å². The number of nitrogens with one attached hydrogen (secondary N) is 1. The van der Waals surface area contributed by atoms with Crippen LogP contribution in [0.2, 0.25) is 0 Å². The van der Waals surface area contributed by atoms with Crippen LogP contribution in [0.4, 0.5) is 0 Å². The first kappa shape index (κ1) is 47.9. The average Bonchev–Trinajstić information content (AvgIpc) is 3.75. The van der Waals surface area contributed by atoms with E-state index in [4.69, 9.17) is 28.0 Å². The Labute approximate surface area is 395 Å². The summed E-state index contributed by atoms with van der Waals surface area (Å²) in [4.78, 5) is 57.2. The van der Waals surface area contributed by atoms with Crippen molar-refractivity contribution in [2.45, 2.75) is 76.7 Å². The van der Waals surface area contributed by atoms with Gasteiger partial charge in [0.2, 0.25) is 0 Å². The molecule has 68 heavy (non-hydrogen) atoms. The summed E-state index contributed by atoms with van der Waals surface area (Å²) in [5.74, 6) is 0.693. The van der Waals surface area contributed by atoms with Gasteiger partial charge in [0.15, 0.2) is 11.6 Å². The molecule has 350 valence electrons. The van der Waals surface area contributed by atoms with Crippen molar-refractivity contribution in [3.63, 3.8) is 0 Å². The molecule has 15 heteroatoms. The minimum absolute atomic E-state index is 0.0106. The van der Waals surface area contributed by atoms with Crippen molar-refractivity contribution in [1.29, 1.82) is 5.26 Å². The monoisotopic (exact) mass is 936 g/mol. The molecule has 1 N–H and O–H groups in total. The third-order valence-corrected chi connectivity index (χ3v) is 14.4. The maximum absolute atomic E-state index is 13.9. The van der Waals surface area contributed by atoms with Crippen LogP contribution in [0.3, 0.4) is 0 Å². The number of benzene rings is 5. The van der Waals surface area contributed by atoms with E-state index in [9.17, 15) is 24.4 Å². The summed E-state index contributed by atoms with van der Waals surface area (Å²) in [6, 6.07) is 38.6. The summed E-state index contributed by atoms with van der Waals surface area (Å²) >= 11 is 0. The van der Waals surface area contributed by atoms with Crippen molar-refractivity contribution in [3.8, 4) is 28.7 Å². The molecular weight excluding hydrogens is 884 g/mol. The number of ketones is 2. The maximum atomic E-state index is 13.9. The molecule has 2 aliphatic rings. The third kappa shape index (κ3) is 9.47. The molecule has 5 aromatic carbocycles. The third-order valence-electron chi connectivity index (χ3n) is 12.2. The highest BCUT2D eigenvalue weighted by Gasteiger charge is 2.45. The molecule has 0 saturated carbocycles. The highest BCUT2D eigenvalue weighted by molar-refractivity contribution is 7.44. The van der Waals surface area contributed by atoms with E-state index >= 15 is 0 Å². The van der Waals surface area contributed by atoms with E-state index in [1.54, 1.807) is 44.6 Å². The Hall–Kier alpha value is -6.56. The molecular formula is C53H53N4O10P. The highest BCUT2D eigenvalue weighted by Crippen LogP contribution is 2.51. The van der Waals surface area contributed by atoms with Crippen LogP contribution >= 0.6 is 8.53 Å².